The fraction of sp³-hybridized carbons (Fsp3) is 0.650. The number of halogens is 2. The first kappa shape index (κ1) is 25.6. The van der Waals surface area contributed by atoms with Crippen molar-refractivity contribution in [3.63, 3.8) is 0 Å². The standard InChI is InChI=1S/C20H31ClN4O2S2.ClH/c1-14-12-19(29(26,27)24-20-22-8-5-9-23-20)18(13-17(14)21)28-11-10-25-15(2)6-4-7-16(25)3;/h12-13,15-16H,4-11H2,1-3H3,(H2,22,23,24);1H. The number of aliphatic imine (C=N–C) groups is 1. The first-order valence-electron chi connectivity index (χ1n) is 10.3. The van der Waals surface area contributed by atoms with Crippen LogP contribution in [0.5, 0.6) is 0 Å². The number of sulfonamides is 1. The van der Waals surface area contributed by atoms with Crippen LogP contribution in [0.4, 0.5) is 0 Å². The molecular formula is C20H32Cl2N4O2S2. The number of hydrogen-bond donors (Lipinski definition) is 2. The third kappa shape index (κ3) is 6.42. The molecule has 30 heavy (non-hydrogen) atoms. The highest BCUT2D eigenvalue weighted by Crippen LogP contribution is 2.32. The van der Waals surface area contributed by atoms with Crippen molar-refractivity contribution >= 4 is 51.8 Å². The molecule has 0 aromatic heterocycles. The minimum absolute atomic E-state index is 0. The fourth-order valence-electron chi connectivity index (χ4n) is 3.92. The van der Waals surface area contributed by atoms with Crippen LogP contribution in [0.15, 0.2) is 26.9 Å². The second-order valence-corrected chi connectivity index (χ2v) is 11.1. The highest BCUT2D eigenvalue weighted by molar-refractivity contribution is 8.00. The van der Waals surface area contributed by atoms with Crippen LogP contribution < -0.4 is 10.0 Å². The third-order valence-corrected chi connectivity index (χ3v) is 8.58. The van der Waals surface area contributed by atoms with Crippen molar-refractivity contribution in [3.8, 4) is 0 Å². The largest absolute Gasteiger partial charge is 0.356 e. The number of piperidine rings is 1. The number of thioether (sulfide) groups is 1. The zero-order valence-electron chi connectivity index (χ0n) is 17.8. The van der Waals surface area contributed by atoms with Gasteiger partial charge in [-0.15, -0.1) is 24.2 Å². The van der Waals surface area contributed by atoms with E-state index in [0.717, 1.165) is 30.8 Å². The van der Waals surface area contributed by atoms with Gasteiger partial charge in [-0.1, -0.05) is 18.0 Å². The van der Waals surface area contributed by atoms with Gasteiger partial charge in [0.2, 0.25) is 5.96 Å². The highest BCUT2D eigenvalue weighted by atomic mass is 35.5. The molecular weight excluding hydrogens is 463 g/mol. The normalized spacial score (nSPS) is 22.6. The Morgan fingerprint density at radius 1 is 1.27 bits per heavy atom. The van der Waals surface area contributed by atoms with Gasteiger partial charge in [0.25, 0.3) is 10.0 Å². The maximum atomic E-state index is 13.1. The maximum Gasteiger partial charge on any atom is 0.265 e. The first-order chi connectivity index (χ1) is 13.8. The van der Waals surface area contributed by atoms with E-state index in [-0.39, 0.29) is 17.3 Å². The van der Waals surface area contributed by atoms with Crippen LogP contribution in [0.2, 0.25) is 5.02 Å². The van der Waals surface area contributed by atoms with Crippen LogP contribution in [0.1, 0.15) is 45.1 Å². The summed E-state index contributed by atoms with van der Waals surface area (Å²) in [5.41, 5.74) is 0.744. The molecule has 2 atom stereocenters. The van der Waals surface area contributed by atoms with Crippen molar-refractivity contribution in [3.05, 3.63) is 22.7 Å². The van der Waals surface area contributed by atoms with E-state index >= 15 is 0 Å². The van der Waals surface area contributed by atoms with Gasteiger partial charge >= 0.3 is 0 Å². The molecule has 10 heteroatoms. The molecule has 0 bridgehead atoms. The summed E-state index contributed by atoms with van der Waals surface area (Å²) in [6, 6.07) is 4.57. The lowest BCUT2D eigenvalue weighted by Gasteiger charge is -2.39. The van der Waals surface area contributed by atoms with E-state index < -0.39 is 10.0 Å². The lowest BCUT2D eigenvalue weighted by Crippen LogP contribution is -2.44. The molecule has 0 radical (unpaired) electrons. The minimum atomic E-state index is -3.74. The maximum absolute atomic E-state index is 13.1. The van der Waals surface area contributed by atoms with Crippen LogP contribution in [-0.4, -0.2) is 56.7 Å². The Hall–Kier alpha value is -0.670. The number of likely N-dealkylation sites (tertiary alicyclic amines) is 1. The Morgan fingerprint density at radius 2 is 1.97 bits per heavy atom. The predicted molar refractivity (Wildman–Crippen MR) is 129 cm³/mol. The quantitative estimate of drug-likeness (QED) is 0.583. The lowest BCUT2D eigenvalue weighted by atomic mass is 9.98. The molecule has 1 fully saturated rings. The minimum Gasteiger partial charge on any atom is -0.356 e. The average Bonchev–Trinajstić information content (AvgIpc) is 2.67. The zero-order valence-corrected chi connectivity index (χ0v) is 21.0. The summed E-state index contributed by atoms with van der Waals surface area (Å²) in [5.74, 6) is 1.13. The van der Waals surface area contributed by atoms with Crippen molar-refractivity contribution in [2.75, 3.05) is 25.4 Å². The summed E-state index contributed by atoms with van der Waals surface area (Å²) < 4.78 is 28.7. The number of nitrogens with one attached hydrogen (secondary N) is 2. The average molecular weight is 496 g/mol. The highest BCUT2D eigenvalue weighted by Gasteiger charge is 2.26. The summed E-state index contributed by atoms with van der Waals surface area (Å²) in [4.78, 5) is 7.70. The van der Waals surface area contributed by atoms with Gasteiger partial charge in [-0.05, 0) is 57.7 Å². The molecule has 1 saturated heterocycles. The Labute approximate surface area is 196 Å². The summed E-state index contributed by atoms with van der Waals surface area (Å²) in [5, 5.41) is 3.59. The van der Waals surface area contributed by atoms with Gasteiger partial charge in [-0.3, -0.25) is 9.89 Å². The van der Waals surface area contributed by atoms with Crippen molar-refractivity contribution in [2.24, 2.45) is 4.99 Å². The Balaban J connectivity index is 0.00000320. The Bertz CT molecular complexity index is 855. The molecule has 0 amide bonds. The SMILES string of the molecule is Cc1cc(S(=O)(=O)NC2=NCCCN2)c(SCCN2C(C)CCCC2C)cc1Cl.Cl. The zero-order chi connectivity index (χ0) is 21.0. The second-order valence-electron chi connectivity index (χ2n) is 7.88. The third-order valence-electron chi connectivity index (χ3n) is 5.63. The summed E-state index contributed by atoms with van der Waals surface area (Å²) in [6.45, 7) is 8.65. The van der Waals surface area contributed by atoms with E-state index in [1.807, 2.05) is 6.92 Å². The number of hydrogen-bond acceptors (Lipinski definition) is 6. The van der Waals surface area contributed by atoms with Crippen LogP contribution in [-0.2, 0) is 10.0 Å². The molecule has 2 aliphatic heterocycles. The van der Waals surface area contributed by atoms with E-state index in [1.54, 1.807) is 23.9 Å². The molecule has 0 spiro atoms. The van der Waals surface area contributed by atoms with E-state index in [1.165, 1.54) is 19.3 Å². The molecule has 3 rings (SSSR count). The van der Waals surface area contributed by atoms with Crippen LogP contribution >= 0.6 is 35.8 Å². The van der Waals surface area contributed by atoms with E-state index in [9.17, 15) is 8.42 Å². The van der Waals surface area contributed by atoms with Crippen molar-refractivity contribution in [1.82, 2.24) is 14.9 Å². The van der Waals surface area contributed by atoms with E-state index in [2.05, 4.69) is 33.8 Å². The summed E-state index contributed by atoms with van der Waals surface area (Å²) in [6.07, 6.45) is 4.64. The number of aryl methyl sites for hydroxylation is 1. The number of guanidine groups is 1. The van der Waals surface area contributed by atoms with Crippen molar-refractivity contribution in [1.29, 1.82) is 0 Å². The fourth-order valence-corrected chi connectivity index (χ4v) is 6.73. The molecule has 0 saturated carbocycles. The summed E-state index contributed by atoms with van der Waals surface area (Å²) in [7, 11) is -3.74. The Kier molecular flexibility index (Phi) is 9.61. The first-order valence-corrected chi connectivity index (χ1v) is 13.1. The van der Waals surface area contributed by atoms with Crippen molar-refractivity contribution in [2.45, 2.75) is 68.3 Å². The second kappa shape index (κ2) is 11.3. The Morgan fingerprint density at radius 3 is 2.60 bits per heavy atom. The number of nitrogens with zero attached hydrogens (tertiary/aromatic N) is 2. The molecule has 1 aromatic rings. The number of benzene rings is 1. The van der Waals surface area contributed by atoms with Gasteiger partial charge in [0.1, 0.15) is 4.90 Å². The van der Waals surface area contributed by atoms with Gasteiger partial charge in [-0.2, -0.15) is 0 Å². The van der Waals surface area contributed by atoms with Gasteiger partial charge < -0.3 is 5.32 Å². The molecule has 2 unspecified atom stereocenters. The summed E-state index contributed by atoms with van der Waals surface area (Å²) >= 11 is 7.88. The van der Waals surface area contributed by atoms with Gasteiger partial charge in [0.05, 0.1) is 0 Å². The topological polar surface area (TPSA) is 73.8 Å². The molecule has 6 nitrogen and oxygen atoms in total. The molecule has 2 heterocycles. The monoisotopic (exact) mass is 494 g/mol. The molecule has 0 aliphatic carbocycles. The smallest absolute Gasteiger partial charge is 0.265 e. The van der Waals surface area contributed by atoms with Crippen LogP contribution in [0.3, 0.4) is 0 Å². The number of rotatable bonds is 6. The van der Waals surface area contributed by atoms with Crippen molar-refractivity contribution < 1.29 is 8.42 Å². The van der Waals surface area contributed by atoms with E-state index in [4.69, 9.17) is 11.6 Å². The molecule has 1 aromatic carbocycles. The predicted octanol–water partition coefficient (Wildman–Crippen LogP) is 4.05. The van der Waals surface area contributed by atoms with Gasteiger partial charge in [0, 0.05) is 47.4 Å². The molecule has 2 aliphatic rings. The van der Waals surface area contributed by atoms with Gasteiger partial charge in [-0.25, -0.2) is 13.1 Å². The van der Waals surface area contributed by atoms with Crippen LogP contribution in [0, 0.1) is 6.92 Å². The van der Waals surface area contributed by atoms with E-state index in [0.29, 0.717) is 34.5 Å². The van der Waals surface area contributed by atoms with Gasteiger partial charge in [0.15, 0.2) is 0 Å². The molecule has 2 N–H and O–H groups in total. The van der Waals surface area contributed by atoms with Crippen LogP contribution in [0.25, 0.3) is 0 Å². The lowest BCUT2D eigenvalue weighted by molar-refractivity contribution is 0.112. The molecule has 170 valence electrons.